The predicted octanol–water partition coefficient (Wildman–Crippen LogP) is 2.54. The number of aryl methyl sites for hydroxylation is 1. The first kappa shape index (κ1) is 12.6. The van der Waals surface area contributed by atoms with E-state index in [1.165, 1.54) is 0 Å². The van der Waals surface area contributed by atoms with Crippen LogP contribution in [-0.4, -0.2) is 27.1 Å². The first-order valence-corrected chi connectivity index (χ1v) is 6.64. The Labute approximate surface area is 116 Å². The number of fused-ring (bicyclic) bond motifs is 3. The van der Waals surface area contributed by atoms with Crippen molar-refractivity contribution in [1.82, 2.24) is 14.5 Å². The van der Waals surface area contributed by atoms with Gasteiger partial charge in [-0.25, -0.2) is 4.98 Å². The molecule has 102 valence electrons. The van der Waals surface area contributed by atoms with E-state index in [1.54, 1.807) is 12.5 Å². The molecule has 3 rings (SSSR count). The van der Waals surface area contributed by atoms with Gasteiger partial charge in [-0.1, -0.05) is 18.2 Å². The number of rotatable bonds is 4. The van der Waals surface area contributed by atoms with E-state index in [1.807, 2.05) is 35.8 Å². The lowest BCUT2D eigenvalue weighted by Crippen LogP contribution is -2.08. The molecule has 0 aliphatic carbocycles. The summed E-state index contributed by atoms with van der Waals surface area (Å²) in [6, 6.07) is 7.93. The van der Waals surface area contributed by atoms with Crippen LogP contribution in [0.5, 0.6) is 0 Å². The summed E-state index contributed by atoms with van der Waals surface area (Å²) in [7, 11) is 0. The van der Waals surface area contributed by atoms with Crippen molar-refractivity contribution in [2.24, 2.45) is 0 Å². The van der Waals surface area contributed by atoms with Gasteiger partial charge >= 0.3 is 5.97 Å². The molecule has 5 heteroatoms. The smallest absolute Gasteiger partial charge is 0.307 e. The average molecular weight is 269 g/mol. The number of nitrogens with zero attached hydrogens (tertiary/aromatic N) is 3. The van der Waals surface area contributed by atoms with Gasteiger partial charge in [0.15, 0.2) is 0 Å². The number of carbonyl (C=O) groups is 1. The molecule has 2 heterocycles. The zero-order valence-corrected chi connectivity index (χ0v) is 11.2. The molecule has 0 bridgehead atoms. The van der Waals surface area contributed by atoms with E-state index in [-0.39, 0.29) is 5.97 Å². The molecule has 0 N–H and O–H groups in total. The first-order chi connectivity index (χ1) is 9.79. The number of esters is 1. The SMILES string of the molecule is CCOC(=O)CCn1cnc2cnc3ccccc3c21. The van der Waals surface area contributed by atoms with Crippen LogP contribution in [0, 0.1) is 0 Å². The normalized spacial score (nSPS) is 11.1. The third-order valence-electron chi connectivity index (χ3n) is 3.21. The number of aromatic nitrogens is 3. The molecule has 0 saturated heterocycles. The van der Waals surface area contributed by atoms with Crippen molar-refractivity contribution in [3.63, 3.8) is 0 Å². The molecule has 0 aliphatic heterocycles. The maximum Gasteiger partial charge on any atom is 0.307 e. The van der Waals surface area contributed by atoms with Gasteiger partial charge in [0, 0.05) is 11.9 Å². The molecule has 2 aromatic heterocycles. The third kappa shape index (κ3) is 2.22. The highest BCUT2D eigenvalue weighted by Crippen LogP contribution is 2.22. The van der Waals surface area contributed by atoms with Crippen LogP contribution < -0.4 is 0 Å². The van der Waals surface area contributed by atoms with Gasteiger partial charge in [0.2, 0.25) is 0 Å². The van der Waals surface area contributed by atoms with Crippen molar-refractivity contribution in [1.29, 1.82) is 0 Å². The van der Waals surface area contributed by atoms with Crippen LogP contribution in [-0.2, 0) is 16.1 Å². The number of carbonyl (C=O) groups excluding carboxylic acids is 1. The molecule has 0 atom stereocenters. The van der Waals surface area contributed by atoms with Gasteiger partial charge in [-0.2, -0.15) is 0 Å². The number of pyridine rings is 1. The molecule has 0 saturated carbocycles. The van der Waals surface area contributed by atoms with Crippen LogP contribution in [0.15, 0.2) is 36.8 Å². The number of ether oxygens (including phenoxy) is 1. The fourth-order valence-corrected chi connectivity index (χ4v) is 2.32. The van der Waals surface area contributed by atoms with Gasteiger partial charge < -0.3 is 9.30 Å². The number of para-hydroxylation sites is 1. The van der Waals surface area contributed by atoms with Gasteiger partial charge in [0.25, 0.3) is 0 Å². The number of benzene rings is 1. The van der Waals surface area contributed by atoms with Crippen LogP contribution >= 0.6 is 0 Å². The van der Waals surface area contributed by atoms with Crippen LogP contribution in [0.3, 0.4) is 0 Å². The van der Waals surface area contributed by atoms with Crippen molar-refractivity contribution >= 4 is 27.9 Å². The molecular formula is C15H15N3O2. The minimum atomic E-state index is -0.187. The summed E-state index contributed by atoms with van der Waals surface area (Å²) in [5, 5.41) is 1.05. The lowest BCUT2D eigenvalue weighted by molar-refractivity contribution is -0.143. The molecule has 0 radical (unpaired) electrons. The molecule has 5 nitrogen and oxygen atoms in total. The highest BCUT2D eigenvalue weighted by Gasteiger charge is 2.09. The van der Waals surface area contributed by atoms with Gasteiger partial charge in [-0.3, -0.25) is 9.78 Å². The largest absolute Gasteiger partial charge is 0.466 e. The van der Waals surface area contributed by atoms with Crippen molar-refractivity contribution in [3.8, 4) is 0 Å². The van der Waals surface area contributed by atoms with E-state index >= 15 is 0 Å². The van der Waals surface area contributed by atoms with Crippen molar-refractivity contribution in [3.05, 3.63) is 36.8 Å². The quantitative estimate of drug-likeness (QED) is 0.683. The summed E-state index contributed by atoms with van der Waals surface area (Å²) in [6.45, 7) is 2.78. The van der Waals surface area contributed by atoms with Gasteiger partial charge in [-0.05, 0) is 13.0 Å². The summed E-state index contributed by atoms with van der Waals surface area (Å²) in [5.41, 5.74) is 2.78. The molecule has 1 aromatic carbocycles. The maximum atomic E-state index is 11.5. The van der Waals surface area contributed by atoms with Crippen molar-refractivity contribution in [2.45, 2.75) is 19.9 Å². The van der Waals surface area contributed by atoms with Gasteiger partial charge in [0.1, 0.15) is 5.52 Å². The molecule has 0 fully saturated rings. The second-order valence-electron chi connectivity index (χ2n) is 4.50. The Morgan fingerprint density at radius 3 is 2.95 bits per heavy atom. The molecule has 0 amide bonds. The summed E-state index contributed by atoms with van der Waals surface area (Å²) >= 11 is 0. The molecule has 3 aromatic rings. The van der Waals surface area contributed by atoms with E-state index < -0.39 is 0 Å². The summed E-state index contributed by atoms with van der Waals surface area (Å²) in [5.74, 6) is -0.187. The zero-order valence-electron chi connectivity index (χ0n) is 11.2. The van der Waals surface area contributed by atoms with E-state index in [0.717, 1.165) is 21.9 Å². The molecule has 0 spiro atoms. The summed E-state index contributed by atoms with van der Waals surface area (Å²) in [6.07, 6.45) is 3.85. The standard InChI is InChI=1S/C15H15N3O2/c1-2-20-14(19)7-8-18-10-17-13-9-16-12-6-4-3-5-11(12)15(13)18/h3-6,9-10H,2,7-8H2,1H3. The second-order valence-corrected chi connectivity index (χ2v) is 4.50. The van der Waals surface area contributed by atoms with E-state index in [0.29, 0.717) is 19.6 Å². The van der Waals surface area contributed by atoms with E-state index in [9.17, 15) is 4.79 Å². The Morgan fingerprint density at radius 2 is 2.10 bits per heavy atom. The highest BCUT2D eigenvalue weighted by atomic mass is 16.5. The number of imidazole rings is 1. The van der Waals surface area contributed by atoms with Crippen molar-refractivity contribution < 1.29 is 9.53 Å². The molecule has 0 unspecified atom stereocenters. The Hall–Kier alpha value is -2.43. The Balaban J connectivity index is 1.99. The topological polar surface area (TPSA) is 57.0 Å². The number of hydrogen-bond donors (Lipinski definition) is 0. The highest BCUT2D eigenvalue weighted by molar-refractivity contribution is 6.01. The lowest BCUT2D eigenvalue weighted by Gasteiger charge is -2.06. The Bertz CT molecular complexity index is 764. The molecule has 20 heavy (non-hydrogen) atoms. The third-order valence-corrected chi connectivity index (χ3v) is 3.21. The van der Waals surface area contributed by atoms with Crippen molar-refractivity contribution in [2.75, 3.05) is 6.61 Å². The van der Waals surface area contributed by atoms with E-state index in [2.05, 4.69) is 9.97 Å². The first-order valence-electron chi connectivity index (χ1n) is 6.64. The Morgan fingerprint density at radius 1 is 1.25 bits per heavy atom. The monoisotopic (exact) mass is 269 g/mol. The minimum Gasteiger partial charge on any atom is -0.466 e. The van der Waals surface area contributed by atoms with Crippen LogP contribution in [0.1, 0.15) is 13.3 Å². The maximum absolute atomic E-state index is 11.5. The minimum absolute atomic E-state index is 0.187. The second kappa shape index (κ2) is 5.28. The van der Waals surface area contributed by atoms with Gasteiger partial charge in [0.05, 0.1) is 36.6 Å². The predicted molar refractivity (Wildman–Crippen MR) is 76.3 cm³/mol. The van der Waals surface area contributed by atoms with Crippen LogP contribution in [0.4, 0.5) is 0 Å². The molecule has 0 aliphatic rings. The fourth-order valence-electron chi connectivity index (χ4n) is 2.32. The zero-order chi connectivity index (χ0) is 13.9. The Kier molecular flexibility index (Phi) is 3.33. The van der Waals surface area contributed by atoms with Crippen LogP contribution in [0.25, 0.3) is 21.9 Å². The van der Waals surface area contributed by atoms with E-state index in [4.69, 9.17) is 4.74 Å². The summed E-state index contributed by atoms with van der Waals surface area (Å²) < 4.78 is 6.94. The number of hydrogen-bond acceptors (Lipinski definition) is 4. The fraction of sp³-hybridized carbons (Fsp3) is 0.267. The summed E-state index contributed by atoms with van der Waals surface area (Å²) in [4.78, 5) is 20.2. The lowest BCUT2D eigenvalue weighted by atomic mass is 10.2. The van der Waals surface area contributed by atoms with Crippen LogP contribution in [0.2, 0.25) is 0 Å². The average Bonchev–Trinajstić information content (AvgIpc) is 2.89. The molecular weight excluding hydrogens is 254 g/mol. The van der Waals surface area contributed by atoms with Gasteiger partial charge in [-0.15, -0.1) is 0 Å².